The minimum atomic E-state index is -1.66. The van der Waals surface area contributed by atoms with Crippen LogP contribution < -0.4 is 0 Å². The molecule has 39 heavy (non-hydrogen) atoms. The van der Waals surface area contributed by atoms with E-state index in [2.05, 4.69) is 21.4 Å². The summed E-state index contributed by atoms with van der Waals surface area (Å²) in [5, 5.41) is 0.436. The van der Waals surface area contributed by atoms with Crippen molar-refractivity contribution in [2.75, 3.05) is 13.2 Å². The smallest absolute Gasteiger partial charge is 0.249 e. The Kier molecular flexibility index (Phi) is 9.09. The molecule has 2 aliphatic heterocycles. The Balaban J connectivity index is 1.55. The summed E-state index contributed by atoms with van der Waals surface area (Å²) in [7, 11) is -1.66. The largest absolute Gasteiger partial charge is 0.496 e. The molecule has 0 saturated heterocycles. The lowest BCUT2D eigenvalue weighted by Gasteiger charge is -2.42. The first-order chi connectivity index (χ1) is 18.8. The number of nitrogens with zero attached hydrogens (tertiary/aromatic N) is 2. The number of carbonyl (C=O) groups excluding carboxylic acids is 2. The average molecular weight is 570 g/mol. The Bertz CT molecular complexity index is 1300. The zero-order chi connectivity index (χ0) is 27.5. The molecule has 2 heterocycles. The second kappa shape index (κ2) is 12.5. The number of ether oxygens (including phenoxy) is 1. The molecule has 210 valence electrons. The molecule has 1 fully saturated rings. The molecule has 6 nitrogen and oxygen atoms in total. The fourth-order valence-corrected chi connectivity index (χ4v) is 7.14. The Morgan fingerprint density at radius 1 is 1.10 bits per heavy atom. The van der Waals surface area contributed by atoms with Gasteiger partial charge >= 0.3 is 0 Å². The van der Waals surface area contributed by atoms with Gasteiger partial charge in [0.1, 0.15) is 5.76 Å². The van der Waals surface area contributed by atoms with Crippen LogP contribution in [0.25, 0.3) is 0 Å². The van der Waals surface area contributed by atoms with Crippen LogP contribution in [0, 0.1) is 17.8 Å². The van der Waals surface area contributed by atoms with Crippen LogP contribution in [0.1, 0.15) is 63.5 Å². The van der Waals surface area contributed by atoms with E-state index in [1.54, 1.807) is 12.2 Å². The van der Waals surface area contributed by atoms with E-state index in [0.717, 1.165) is 49.4 Å². The van der Waals surface area contributed by atoms with Gasteiger partial charge in [-0.05, 0) is 79.9 Å². The van der Waals surface area contributed by atoms with Crippen molar-refractivity contribution in [2.45, 2.75) is 76.6 Å². The number of halogens is 1. The van der Waals surface area contributed by atoms with Crippen molar-refractivity contribution in [3.8, 4) is 0 Å². The van der Waals surface area contributed by atoms with Crippen LogP contribution in [-0.2, 0) is 42.1 Å². The van der Waals surface area contributed by atoms with Crippen molar-refractivity contribution in [1.29, 1.82) is 0 Å². The first kappa shape index (κ1) is 28.3. The van der Waals surface area contributed by atoms with Gasteiger partial charge in [0, 0.05) is 36.0 Å². The third kappa shape index (κ3) is 6.58. The van der Waals surface area contributed by atoms with E-state index in [1.165, 1.54) is 11.1 Å². The van der Waals surface area contributed by atoms with E-state index >= 15 is 0 Å². The van der Waals surface area contributed by atoms with E-state index in [4.69, 9.17) is 16.3 Å². The summed E-state index contributed by atoms with van der Waals surface area (Å²) in [6, 6.07) is 5.94. The molecular weight excluding hydrogens is 532 g/mol. The van der Waals surface area contributed by atoms with Crippen LogP contribution in [0.2, 0.25) is 5.02 Å². The van der Waals surface area contributed by atoms with Crippen molar-refractivity contribution in [2.24, 2.45) is 22.1 Å². The van der Waals surface area contributed by atoms with Crippen LogP contribution in [-0.4, -0.2) is 41.0 Å². The van der Waals surface area contributed by atoms with Gasteiger partial charge in [-0.1, -0.05) is 54.8 Å². The molecular formula is C31H38ClN2O4S-. The monoisotopic (exact) mass is 569 g/mol. The molecule has 2 aliphatic carbocycles. The minimum Gasteiger partial charge on any atom is -0.496 e. The van der Waals surface area contributed by atoms with Crippen LogP contribution in [0.4, 0.5) is 0 Å². The Morgan fingerprint density at radius 3 is 2.74 bits per heavy atom. The summed E-state index contributed by atoms with van der Waals surface area (Å²) in [6.45, 7) is 5.85. The van der Waals surface area contributed by atoms with Crippen molar-refractivity contribution in [1.82, 2.24) is 4.90 Å². The highest BCUT2D eigenvalue weighted by molar-refractivity contribution is 7.75. The van der Waals surface area contributed by atoms with Gasteiger partial charge in [0.2, 0.25) is 5.91 Å². The molecule has 0 radical (unpaired) electrons. The summed E-state index contributed by atoms with van der Waals surface area (Å²) in [4.78, 5) is 28.8. The first-order valence-corrected chi connectivity index (χ1v) is 15.8. The molecule has 1 saturated carbocycles. The lowest BCUT2D eigenvalue weighted by molar-refractivity contribution is -0.123. The number of fused-ring (bicyclic) bond motifs is 3. The molecule has 5 rings (SSSR count). The molecule has 1 aromatic rings. The molecule has 1 amide bonds. The van der Waals surface area contributed by atoms with Crippen LogP contribution >= 0.6 is 11.6 Å². The summed E-state index contributed by atoms with van der Waals surface area (Å²) in [6.07, 6.45) is 13.1. The maximum absolute atomic E-state index is 13.2. The SMILES string of the molecule is C[C@@H]1[C@@H](C)C/C=C/C(=O)[C@@H]2CC[C@H]2CN2Cc3ccc(Cl)cc3CCCCOC3=CC=C(CC32)C(=O)N=[S-]1=O. The Labute approximate surface area is 238 Å². The van der Waals surface area contributed by atoms with Gasteiger partial charge in [-0.15, -0.1) is 0 Å². The number of rotatable bonds is 0. The van der Waals surface area contributed by atoms with E-state index in [0.29, 0.717) is 31.6 Å². The first-order valence-electron chi connectivity index (χ1n) is 14.2. The topological polar surface area (TPSA) is 76.0 Å². The van der Waals surface area contributed by atoms with Gasteiger partial charge in [0.05, 0.1) is 12.6 Å². The summed E-state index contributed by atoms with van der Waals surface area (Å²) in [5.41, 5.74) is 3.00. The van der Waals surface area contributed by atoms with Gasteiger partial charge in [0.25, 0.3) is 0 Å². The minimum absolute atomic E-state index is 0.00229. The second-order valence-electron chi connectivity index (χ2n) is 11.5. The number of hydrogen-bond acceptors (Lipinski definition) is 6. The molecule has 0 aromatic heterocycles. The Morgan fingerprint density at radius 2 is 1.95 bits per heavy atom. The van der Waals surface area contributed by atoms with Gasteiger partial charge in [-0.3, -0.25) is 14.5 Å². The zero-order valence-electron chi connectivity index (χ0n) is 22.8. The van der Waals surface area contributed by atoms with Crippen molar-refractivity contribution in [3.05, 3.63) is 70.0 Å². The average Bonchev–Trinajstić information content (AvgIpc) is 2.92. The molecule has 1 aromatic carbocycles. The maximum Gasteiger partial charge on any atom is 0.249 e. The van der Waals surface area contributed by atoms with Crippen molar-refractivity contribution >= 4 is 33.9 Å². The highest BCUT2D eigenvalue weighted by Crippen LogP contribution is 2.39. The number of allylic oxidation sites excluding steroid dienone is 4. The second-order valence-corrected chi connectivity index (χ2v) is 13.4. The number of hydrogen-bond donors (Lipinski definition) is 0. The number of benzene rings is 1. The number of carbonyl (C=O) groups is 2. The fourth-order valence-electron chi connectivity index (χ4n) is 5.99. The van der Waals surface area contributed by atoms with Gasteiger partial charge in [-0.2, -0.15) is 10.6 Å². The quantitative estimate of drug-likeness (QED) is 0.341. The predicted octanol–water partition coefficient (Wildman–Crippen LogP) is 6.33. The van der Waals surface area contributed by atoms with Gasteiger partial charge in [0.15, 0.2) is 5.78 Å². The van der Waals surface area contributed by atoms with Crippen molar-refractivity contribution in [3.63, 3.8) is 0 Å². The number of aryl methyl sites for hydroxylation is 1. The van der Waals surface area contributed by atoms with E-state index in [-0.39, 0.29) is 34.8 Å². The normalized spacial score (nSPS) is 32.1. The Hall–Kier alpha value is -2.22. The summed E-state index contributed by atoms with van der Waals surface area (Å²) >= 11 is 6.38. The molecule has 1 unspecified atom stereocenters. The third-order valence-electron chi connectivity index (χ3n) is 8.89. The molecule has 5 atom stereocenters. The van der Waals surface area contributed by atoms with Crippen LogP contribution in [0.15, 0.2) is 58.2 Å². The standard InChI is InChI=1S/C31H38ClN2O4S/c1-20-6-5-8-29(35)27-13-10-25(27)19-34-18-24-9-12-26(32)16-22(24)7-3-4-15-38-30-14-11-23(17-28(30)34)31(36)33-39(37)21(20)2/h5,8-9,11-12,14,16,20-21,25,27-28H,3-4,6-7,10,13,15,17-19H2,1-2H3/q-1/b8-5+/t20-,21+,25-,27+,28?/m0/s1. The predicted molar refractivity (Wildman–Crippen MR) is 154 cm³/mol. The van der Waals surface area contributed by atoms with Crippen molar-refractivity contribution < 1.29 is 18.5 Å². The molecule has 8 heteroatoms. The molecule has 4 aliphatic rings. The molecule has 0 N–H and O–H groups in total. The van der Waals surface area contributed by atoms with E-state index < -0.39 is 16.5 Å². The maximum atomic E-state index is 13.2. The number of ketones is 1. The summed E-state index contributed by atoms with van der Waals surface area (Å²) in [5.74, 6) is 0.889. The lowest BCUT2D eigenvalue weighted by atomic mass is 9.70. The van der Waals surface area contributed by atoms with Gasteiger partial charge in [-0.25, -0.2) is 0 Å². The molecule has 0 spiro atoms. The fraction of sp³-hybridized carbons (Fsp3) is 0.548. The van der Waals surface area contributed by atoms with Crippen LogP contribution in [0.5, 0.6) is 0 Å². The lowest BCUT2D eigenvalue weighted by Crippen LogP contribution is -2.46. The highest BCUT2D eigenvalue weighted by Gasteiger charge is 2.39. The molecule has 2 bridgehead atoms. The highest BCUT2D eigenvalue weighted by atomic mass is 35.5. The van der Waals surface area contributed by atoms with E-state index in [1.807, 2.05) is 32.1 Å². The van der Waals surface area contributed by atoms with E-state index in [9.17, 15) is 13.8 Å². The van der Waals surface area contributed by atoms with Crippen LogP contribution in [0.3, 0.4) is 0 Å². The third-order valence-corrected chi connectivity index (χ3v) is 10.6. The zero-order valence-corrected chi connectivity index (χ0v) is 24.4. The van der Waals surface area contributed by atoms with Gasteiger partial charge < -0.3 is 13.3 Å². The summed E-state index contributed by atoms with van der Waals surface area (Å²) < 4.78 is 23.4. The number of amides is 1.